The van der Waals surface area contributed by atoms with Crippen molar-refractivity contribution in [1.29, 1.82) is 0 Å². The molecule has 0 bridgehead atoms. The molecule has 2 atom stereocenters. The summed E-state index contributed by atoms with van der Waals surface area (Å²) < 4.78 is 5.36. The zero-order valence-electron chi connectivity index (χ0n) is 7.09. The first-order valence-electron chi connectivity index (χ1n) is 3.93. The Bertz CT molecular complexity index is 186. The summed E-state index contributed by atoms with van der Waals surface area (Å²) >= 11 is 0. The number of carbonyl (C=O) groups excluding carboxylic acids is 1. The lowest BCUT2D eigenvalue weighted by molar-refractivity contribution is -0.153. The van der Waals surface area contributed by atoms with Gasteiger partial charge in [0, 0.05) is 13.0 Å². The molecule has 0 heterocycles. The highest BCUT2D eigenvalue weighted by atomic mass is 16.5. The van der Waals surface area contributed by atoms with Crippen LogP contribution in [0.4, 0.5) is 0 Å². The van der Waals surface area contributed by atoms with Crippen molar-refractivity contribution in [2.45, 2.75) is 26.4 Å². The fourth-order valence-corrected chi connectivity index (χ4v) is 1.33. The van der Waals surface area contributed by atoms with Gasteiger partial charge in [-0.05, 0) is 13.8 Å². The third kappa shape index (κ3) is 1.11. The highest BCUT2D eigenvalue weighted by Crippen LogP contribution is 2.40. The fourth-order valence-electron chi connectivity index (χ4n) is 1.33. The molecule has 0 aromatic rings. The minimum Gasteiger partial charge on any atom is -0.377 e. The first kappa shape index (κ1) is 8.47. The maximum atomic E-state index is 11.1. The van der Waals surface area contributed by atoms with Crippen LogP contribution in [0.2, 0.25) is 0 Å². The van der Waals surface area contributed by atoms with Gasteiger partial charge in [0.1, 0.15) is 5.78 Å². The molecule has 0 aromatic heterocycles. The van der Waals surface area contributed by atoms with E-state index in [0.717, 1.165) is 0 Å². The number of ketones is 1. The lowest BCUT2D eigenvalue weighted by Gasteiger charge is -2.42. The van der Waals surface area contributed by atoms with Crippen molar-refractivity contribution < 1.29 is 9.53 Å². The van der Waals surface area contributed by atoms with Crippen molar-refractivity contribution in [2.24, 2.45) is 5.41 Å². The van der Waals surface area contributed by atoms with Gasteiger partial charge in [-0.3, -0.25) is 4.79 Å². The molecular formula is C9H14O2. The van der Waals surface area contributed by atoms with E-state index >= 15 is 0 Å². The van der Waals surface area contributed by atoms with Crippen molar-refractivity contribution in [1.82, 2.24) is 0 Å². The molecule has 2 heteroatoms. The number of ether oxygens (including phenoxy) is 1. The van der Waals surface area contributed by atoms with Crippen LogP contribution in [-0.4, -0.2) is 18.5 Å². The van der Waals surface area contributed by atoms with Crippen LogP contribution in [0, 0.1) is 5.41 Å². The summed E-state index contributed by atoms with van der Waals surface area (Å²) in [5.74, 6) is 0.242. The number of Topliss-reactive ketones (excluding diaryl/α,β-unsaturated/α-hetero) is 1. The van der Waals surface area contributed by atoms with Gasteiger partial charge in [0.2, 0.25) is 0 Å². The van der Waals surface area contributed by atoms with Gasteiger partial charge in [-0.15, -0.1) is 6.58 Å². The van der Waals surface area contributed by atoms with E-state index in [2.05, 4.69) is 6.58 Å². The highest BCUT2D eigenvalue weighted by molar-refractivity contribution is 5.93. The van der Waals surface area contributed by atoms with Gasteiger partial charge in [0.05, 0.1) is 11.5 Å². The molecule has 1 aliphatic rings. The molecule has 0 aromatic carbocycles. The quantitative estimate of drug-likeness (QED) is 0.576. The average molecular weight is 154 g/mol. The third-order valence-corrected chi connectivity index (χ3v) is 2.43. The second kappa shape index (κ2) is 2.78. The predicted octanol–water partition coefficient (Wildman–Crippen LogP) is 1.56. The van der Waals surface area contributed by atoms with Crippen LogP contribution in [0.1, 0.15) is 20.3 Å². The molecule has 1 fully saturated rings. The minimum absolute atomic E-state index is 0.0671. The van der Waals surface area contributed by atoms with Gasteiger partial charge in [-0.1, -0.05) is 6.08 Å². The van der Waals surface area contributed by atoms with E-state index in [1.54, 1.807) is 6.08 Å². The largest absolute Gasteiger partial charge is 0.377 e. The summed E-state index contributed by atoms with van der Waals surface area (Å²) in [4.78, 5) is 11.1. The first-order chi connectivity index (χ1) is 5.15. The average Bonchev–Trinajstić information content (AvgIpc) is 2.03. The van der Waals surface area contributed by atoms with Crippen LogP contribution < -0.4 is 0 Å². The Morgan fingerprint density at radius 3 is 2.91 bits per heavy atom. The van der Waals surface area contributed by atoms with E-state index in [-0.39, 0.29) is 11.9 Å². The van der Waals surface area contributed by atoms with Crippen molar-refractivity contribution >= 4 is 5.78 Å². The standard InChI is InChI=1S/C9H14O2/c1-4-9(3)7(10)6-8(9)11-5-2/h4,8H,1,5-6H2,2-3H3/t8-,9+/m1/s1. The molecule has 1 saturated carbocycles. The molecule has 0 saturated heterocycles. The van der Waals surface area contributed by atoms with Gasteiger partial charge in [0.15, 0.2) is 0 Å². The van der Waals surface area contributed by atoms with Crippen LogP contribution >= 0.6 is 0 Å². The van der Waals surface area contributed by atoms with Crippen molar-refractivity contribution in [3.8, 4) is 0 Å². The van der Waals surface area contributed by atoms with E-state index in [9.17, 15) is 4.79 Å². The van der Waals surface area contributed by atoms with Gasteiger partial charge >= 0.3 is 0 Å². The summed E-state index contributed by atoms with van der Waals surface area (Å²) in [6, 6.07) is 0. The van der Waals surface area contributed by atoms with Crippen molar-refractivity contribution in [2.75, 3.05) is 6.61 Å². The molecule has 0 N–H and O–H groups in total. The van der Waals surface area contributed by atoms with E-state index in [4.69, 9.17) is 4.74 Å². The van der Waals surface area contributed by atoms with Gasteiger partial charge < -0.3 is 4.74 Å². The maximum Gasteiger partial charge on any atom is 0.147 e. The van der Waals surface area contributed by atoms with Crippen LogP contribution in [0.25, 0.3) is 0 Å². The van der Waals surface area contributed by atoms with E-state index in [0.29, 0.717) is 13.0 Å². The molecule has 11 heavy (non-hydrogen) atoms. The molecule has 2 nitrogen and oxygen atoms in total. The predicted molar refractivity (Wildman–Crippen MR) is 43.3 cm³/mol. The van der Waals surface area contributed by atoms with E-state index in [1.807, 2.05) is 13.8 Å². The summed E-state index contributed by atoms with van der Waals surface area (Å²) in [7, 11) is 0. The molecule has 0 unspecified atom stereocenters. The summed E-state index contributed by atoms with van der Waals surface area (Å²) in [5, 5.41) is 0. The fraction of sp³-hybridized carbons (Fsp3) is 0.667. The summed E-state index contributed by atoms with van der Waals surface area (Å²) in [5.41, 5.74) is -0.407. The van der Waals surface area contributed by atoms with Crippen LogP contribution in [0.5, 0.6) is 0 Å². The molecule has 1 rings (SSSR count). The highest BCUT2D eigenvalue weighted by Gasteiger charge is 2.49. The third-order valence-electron chi connectivity index (χ3n) is 2.43. The summed E-state index contributed by atoms with van der Waals surface area (Å²) in [6.45, 7) is 8.12. The SMILES string of the molecule is C=C[C@@]1(C)C(=O)C[C@H]1OCC. The molecule has 0 radical (unpaired) electrons. The first-order valence-corrected chi connectivity index (χ1v) is 3.93. The lowest BCUT2D eigenvalue weighted by atomic mass is 9.66. The van der Waals surface area contributed by atoms with Gasteiger partial charge in [-0.25, -0.2) is 0 Å². The minimum atomic E-state index is -0.407. The molecular weight excluding hydrogens is 140 g/mol. The number of rotatable bonds is 3. The molecule has 62 valence electrons. The Morgan fingerprint density at radius 1 is 1.91 bits per heavy atom. The maximum absolute atomic E-state index is 11.1. The zero-order chi connectivity index (χ0) is 8.48. The van der Waals surface area contributed by atoms with Crippen LogP contribution in [0.3, 0.4) is 0 Å². The van der Waals surface area contributed by atoms with Crippen molar-refractivity contribution in [3.63, 3.8) is 0 Å². The molecule has 0 aliphatic heterocycles. The van der Waals surface area contributed by atoms with Crippen LogP contribution in [0.15, 0.2) is 12.7 Å². The molecule has 0 amide bonds. The normalized spacial score (nSPS) is 36.5. The number of hydrogen-bond acceptors (Lipinski definition) is 2. The zero-order valence-corrected chi connectivity index (χ0v) is 7.09. The Kier molecular flexibility index (Phi) is 2.14. The van der Waals surface area contributed by atoms with Crippen molar-refractivity contribution in [3.05, 3.63) is 12.7 Å². The topological polar surface area (TPSA) is 26.3 Å². The molecule has 0 spiro atoms. The lowest BCUT2D eigenvalue weighted by Crippen LogP contribution is -2.51. The second-order valence-corrected chi connectivity index (χ2v) is 3.06. The van der Waals surface area contributed by atoms with E-state index in [1.165, 1.54) is 0 Å². The van der Waals surface area contributed by atoms with E-state index < -0.39 is 5.41 Å². The van der Waals surface area contributed by atoms with Crippen LogP contribution in [-0.2, 0) is 9.53 Å². The Hall–Kier alpha value is -0.630. The Balaban J connectivity index is 2.60. The number of carbonyl (C=O) groups is 1. The number of hydrogen-bond donors (Lipinski definition) is 0. The van der Waals surface area contributed by atoms with Gasteiger partial charge in [-0.2, -0.15) is 0 Å². The smallest absolute Gasteiger partial charge is 0.147 e. The molecule has 1 aliphatic carbocycles. The summed E-state index contributed by atoms with van der Waals surface area (Å²) in [6.07, 6.45) is 2.31. The Morgan fingerprint density at radius 2 is 2.55 bits per heavy atom. The monoisotopic (exact) mass is 154 g/mol. The Labute approximate surface area is 67.2 Å². The second-order valence-electron chi connectivity index (χ2n) is 3.06. The van der Waals surface area contributed by atoms with Gasteiger partial charge in [0.25, 0.3) is 0 Å².